The van der Waals surface area contributed by atoms with Gasteiger partial charge in [0.25, 0.3) is 0 Å². The summed E-state index contributed by atoms with van der Waals surface area (Å²) in [5, 5.41) is 3.65. The highest BCUT2D eigenvalue weighted by atomic mass is 35.5. The second kappa shape index (κ2) is 11.5. The summed E-state index contributed by atoms with van der Waals surface area (Å²) in [5.41, 5.74) is 1.98. The normalized spacial score (nSPS) is 11.7. The lowest BCUT2D eigenvalue weighted by atomic mass is 10.0. The number of carbonyl (C=O) groups excluding carboxylic acids is 2. The van der Waals surface area contributed by atoms with Crippen molar-refractivity contribution in [1.82, 2.24) is 10.2 Å². The van der Waals surface area contributed by atoms with Crippen molar-refractivity contribution in [2.45, 2.75) is 52.1 Å². The Morgan fingerprint density at radius 2 is 1.68 bits per heavy atom. The lowest BCUT2D eigenvalue weighted by molar-refractivity contribution is -0.141. The van der Waals surface area contributed by atoms with E-state index in [1.165, 1.54) is 0 Å². The number of hydrogen-bond acceptors (Lipinski definition) is 2. The van der Waals surface area contributed by atoms with Gasteiger partial charge in [-0.2, -0.15) is 0 Å². The van der Waals surface area contributed by atoms with Gasteiger partial charge in [0.05, 0.1) is 0 Å². The summed E-state index contributed by atoms with van der Waals surface area (Å²) in [6.45, 7) is 4.91. The number of nitrogens with zero attached hydrogens (tertiary/aromatic N) is 1. The van der Waals surface area contributed by atoms with Crippen molar-refractivity contribution < 1.29 is 9.59 Å². The van der Waals surface area contributed by atoms with Crippen LogP contribution in [0.5, 0.6) is 0 Å². The van der Waals surface area contributed by atoms with Crippen LogP contribution >= 0.6 is 11.6 Å². The zero-order valence-corrected chi connectivity index (χ0v) is 17.4. The smallest absolute Gasteiger partial charge is 0.243 e. The first-order valence-corrected chi connectivity index (χ1v) is 10.3. The third-order valence-corrected chi connectivity index (χ3v) is 4.92. The minimum absolute atomic E-state index is 0.0403. The Morgan fingerprint density at radius 3 is 2.29 bits per heavy atom. The van der Waals surface area contributed by atoms with Crippen molar-refractivity contribution >= 4 is 23.4 Å². The van der Waals surface area contributed by atoms with Gasteiger partial charge in [0.2, 0.25) is 11.8 Å². The van der Waals surface area contributed by atoms with Gasteiger partial charge in [-0.15, -0.1) is 0 Å². The third-order valence-electron chi connectivity index (χ3n) is 4.67. The summed E-state index contributed by atoms with van der Waals surface area (Å²) in [6.07, 6.45) is 2.76. The number of rotatable bonds is 10. The first-order valence-electron chi connectivity index (χ1n) is 9.90. The summed E-state index contributed by atoms with van der Waals surface area (Å²) < 4.78 is 0. The van der Waals surface area contributed by atoms with Crippen LogP contribution < -0.4 is 5.32 Å². The van der Waals surface area contributed by atoms with Crippen molar-refractivity contribution in [3.63, 3.8) is 0 Å². The molecule has 0 spiro atoms. The van der Waals surface area contributed by atoms with Crippen molar-refractivity contribution in [1.29, 1.82) is 0 Å². The number of hydrogen-bond donors (Lipinski definition) is 1. The molecule has 0 fully saturated rings. The molecule has 0 aliphatic carbocycles. The van der Waals surface area contributed by atoms with E-state index in [-0.39, 0.29) is 11.8 Å². The number of carbonyl (C=O) groups is 2. The van der Waals surface area contributed by atoms with E-state index >= 15 is 0 Å². The molecular formula is C23H29ClN2O2. The Labute approximate surface area is 172 Å². The molecule has 0 aliphatic rings. The van der Waals surface area contributed by atoms with Crippen molar-refractivity contribution in [3.05, 3.63) is 70.7 Å². The molecule has 4 nitrogen and oxygen atoms in total. The van der Waals surface area contributed by atoms with Gasteiger partial charge in [-0.25, -0.2) is 0 Å². The molecule has 5 heteroatoms. The Balaban J connectivity index is 2.28. The Bertz CT molecular complexity index is 747. The number of benzene rings is 2. The summed E-state index contributed by atoms with van der Waals surface area (Å²) in [6, 6.07) is 16.7. The van der Waals surface area contributed by atoms with Crippen molar-refractivity contribution in [2.75, 3.05) is 6.54 Å². The monoisotopic (exact) mass is 400 g/mol. The van der Waals surface area contributed by atoms with Crippen LogP contribution in [0.3, 0.4) is 0 Å². The fraction of sp³-hybridized carbons (Fsp3) is 0.391. The lowest BCUT2D eigenvalue weighted by Crippen LogP contribution is -2.50. The second-order valence-electron chi connectivity index (χ2n) is 6.85. The van der Waals surface area contributed by atoms with Crippen molar-refractivity contribution in [3.8, 4) is 0 Å². The van der Waals surface area contributed by atoms with Gasteiger partial charge in [-0.05, 0) is 29.7 Å². The first-order chi connectivity index (χ1) is 13.5. The van der Waals surface area contributed by atoms with Crippen LogP contribution in [0.15, 0.2) is 54.6 Å². The number of unbranched alkanes of at least 4 members (excludes halogenated alkanes) is 1. The zero-order valence-electron chi connectivity index (χ0n) is 16.7. The van der Waals surface area contributed by atoms with E-state index < -0.39 is 6.04 Å². The van der Waals surface area contributed by atoms with Crippen molar-refractivity contribution in [2.24, 2.45) is 0 Å². The molecule has 1 atom stereocenters. The minimum Gasteiger partial charge on any atom is -0.354 e. The molecule has 0 unspecified atom stereocenters. The standard InChI is InChI=1S/C23H29ClN2O2/c1-3-5-15-25-23(28)21(16-18-9-7-6-8-10-18)26(22(27)4-2)17-19-11-13-20(24)14-12-19/h6-14,21H,3-5,15-17H2,1-2H3,(H,25,28)/t21-/m0/s1. The fourth-order valence-electron chi connectivity index (χ4n) is 3.05. The van der Waals surface area contributed by atoms with Gasteiger partial charge < -0.3 is 10.2 Å². The van der Waals surface area contributed by atoms with Gasteiger partial charge in [-0.3, -0.25) is 9.59 Å². The van der Waals surface area contributed by atoms with Crippen LogP contribution in [-0.4, -0.2) is 29.3 Å². The second-order valence-corrected chi connectivity index (χ2v) is 7.29. The molecule has 0 saturated carbocycles. The molecular weight excluding hydrogens is 372 g/mol. The average Bonchev–Trinajstić information content (AvgIpc) is 2.72. The highest BCUT2D eigenvalue weighted by Gasteiger charge is 2.29. The highest BCUT2D eigenvalue weighted by Crippen LogP contribution is 2.17. The molecule has 2 aromatic carbocycles. The van der Waals surface area contributed by atoms with Crippen LogP contribution in [0.1, 0.15) is 44.2 Å². The van der Waals surface area contributed by atoms with E-state index in [9.17, 15) is 9.59 Å². The molecule has 0 radical (unpaired) electrons. The molecule has 0 aliphatic heterocycles. The van der Waals surface area contributed by atoms with Crippen LogP contribution in [0.25, 0.3) is 0 Å². The Kier molecular flexibility index (Phi) is 9.02. The van der Waals surface area contributed by atoms with E-state index in [1.807, 2.05) is 49.4 Å². The molecule has 150 valence electrons. The maximum absolute atomic E-state index is 13.0. The predicted octanol–water partition coefficient (Wildman–Crippen LogP) is 4.61. The Hall–Kier alpha value is -2.33. The molecule has 28 heavy (non-hydrogen) atoms. The van der Waals surface area contributed by atoms with Gasteiger partial charge in [-0.1, -0.05) is 74.3 Å². The molecule has 2 rings (SSSR count). The highest BCUT2D eigenvalue weighted by molar-refractivity contribution is 6.30. The van der Waals surface area contributed by atoms with E-state index in [0.717, 1.165) is 24.0 Å². The summed E-state index contributed by atoms with van der Waals surface area (Å²) in [4.78, 5) is 27.5. The van der Waals surface area contributed by atoms with Crippen LogP contribution in [0.4, 0.5) is 0 Å². The van der Waals surface area contributed by atoms with Gasteiger partial charge in [0.15, 0.2) is 0 Å². The van der Waals surface area contributed by atoms with Crippen LogP contribution in [-0.2, 0) is 22.6 Å². The van der Waals surface area contributed by atoms with Gasteiger partial charge >= 0.3 is 0 Å². The van der Waals surface area contributed by atoms with E-state index in [1.54, 1.807) is 17.0 Å². The molecule has 0 heterocycles. The average molecular weight is 401 g/mol. The molecule has 0 bridgehead atoms. The Morgan fingerprint density at radius 1 is 1.00 bits per heavy atom. The number of halogens is 1. The van der Waals surface area contributed by atoms with Gasteiger partial charge in [0, 0.05) is 31.0 Å². The number of amides is 2. The first kappa shape index (κ1) is 22.0. The maximum atomic E-state index is 13.0. The van der Waals surface area contributed by atoms with Crippen LogP contribution in [0.2, 0.25) is 5.02 Å². The van der Waals surface area contributed by atoms with E-state index in [0.29, 0.717) is 31.0 Å². The lowest BCUT2D eigenvalue weighted by Gasteiger charge is -2.31. The third kappa shape index (κ3) is 6.68. The summed E-state index contributed by atoms with van der Waals surface area (Å²) >= 11 is 5.98. The summed E-state index contributed by atoms with van der Waals surface area (Å²) in [7, 11) is 0. The van der Waals surface area contributed by atoms with E-state index in [2.05, 4.69) is 12.2 Å². The SMILES string of the molecule is CCCCNC(=O)[C@H](Cc1ccccc1)N(Cc1ccc(Cl)cc1)C(=O)CC. The maximum Gasteiger partial charge on any atom is 0.243 e. The zero-order chi connectivity index (χ0) is 20.4. The molecule has 1 N–H and O–H groups in total. The number of nitrogens with one attached hydrogen (secondary N) is 1. The quantitative estimate of drug-likeness (QED) is 0.592. The molecule has 2 aromatic rings. The van der Waals surface area contributed by atoms with Crippen LogP contribution in [0, 0.1) is 0 Å². The van der Waals surface area contributed by atoms with Gasteiger partial charge in [0.1, 0.15) is 6.04 Å². The molecule has 0 saturated heterocycles. The largest absolute Gasteiger partial charge is 0.354 e. The minimum atomic E-state index is -0.553. The molecule has 0 aromatic heterocycles. The summed E-state index contributed by atoms with van der Waals surface area (Å²) in [5.74, 6) is -0.144. The molecule has 2 amide bonds. The predicted molar refractivity (Wildman–Crippen MR) is 114 cm³/mol. The van der Waals surface area contributed by atoms with E-state index in [4.69, 9.17) is 11.6 Å². The topological polar surface area (TPSA) is 49.4 Å². The fourth-order valence-corrected chi connectivity index (χ4v) is 3.18.